The fourth-order valence-corrected chi connectivity index (χ4v) is 4.10. The van der Waals surface area contributed by atoms with E-state index in [2.05, 4.69) is 4.99 Å². The van der Waals surface area contributed by atoms with Crippen molar-refractivity contribution in [3.8, 4) is 16.9 Å². The Morgan fingerprint density at radius 2 is 1.47 bits per heavy atom. The maximum Gasteiger partial charge on any atom is 0.384 e. The SMILES string of the molecule is CN(C)S(=O)(=O)Oc1ccc(-c2ccc(C3CCC(c4c(F)cccc4F)=N3)cc2)cc1. The maximum atomic E-state index is 14.1. The van der Waals surface area contributed by atoms with E-state index in [4.69, 9.17) is 4.18 Å². The molecule has 1 aliphatic rings. The molecule has 32 heavy (non-hydrogen) atoms. The minimum absolute atomic E-state index is 0.0368. The lowest BCUT2D eigenvalue weighted by atomic mass is 9.99. The Hall–Kier alpha value is -3.10. The van der Waals surface area contributed by atoms with Crippen LogP contribution in [0.1, 0.15) is 30.0 Å². The van der Waals surface area contributed by atoms with Crippen molar-refractivity contribution in [3.63, 3.8) is 0 Å². The summed E-state index contributed by atoms with van der Waals surface area (Å²) in [5.74, 6) is -0.955. The van der Waals surface area contributed by atoms with Crippen LogP contribution in [-0.4, -0.2) is 32.5 Å². The zero-order valence-electron chi connectivity index (χ0n) is 17.6. The normalized spacial score (nSPS) is 16.3. The Kier molecular flexibility index (Phi) is 6.08. The summed E-state index contributed by atoms with van der Waals surface area (Å²) in [5, 5.41) is 0. The summed E-state index contributed by atoms with van der Waals surface area (Å²) < 4.78 is 57.8. The van der Waals surface area contributed by atoms with E-state index in [1.165, 1.54) is 32.3 Å². The number of benzene rings is 3. The molecule has 0 bridgehead atoms. The summed E-state index contributed by atoms with van der Waals surface area (Å²) in [7, 11) is -1.00. The summed E-state index contributed by atoms with van der Waals surface area (Å²) in [5.41, 5.74) is 3.23. The molecule has 4 rings (SSSR count). The molecule has 3 aromatic rings. The molecule has 3 aromatic carbocycles. The van der Waals surface area contributed by atoms with Gasteiger partial charge >= 0.3 is 10.3 Å². The summed E-state index contributed by atoms with van der Waals surface area (Å²) in [6.45, 7) is 0. The van der Waals surface area contributed by atoms with Gasteiger partial charge in [-0.1, -0.05) is 42.5 Å². The first kappa shape index (κ1) is 22.1. The fourth-order valence-electron chi connectivity index (χ4n) is 3.59. The molecule has 1 unspecified atom stereocenters. The van der Waals surface area contributed by atoms with Crippen LogP contribution < -0.4 is 4.18 Å². The van der Waals surface area contributed by atoms with Crippen molar-refractivity contribution in [1.82, 2.24) is 4.31 Å². The first-order chi connectivity index (χ1) is 15.2. The van der Waals surface area contributed by atoms with Gasteiger partial charge in [-0.05, 0) is 53.8 Å². The van der Waals surface area contributed by atoms with Gasteiger partial charge in [0.25, 0.3) is 0 Å². The van der Waals surface area contributed by atoms with Crippen LogP contribution in [0.2, 0.25) is 0 Å². The molecule has 1 atom stereocenters. The largest absolute Gasteiger partial charge is 0.384 e. The third-order valence-electron chi connectivity index (χ3n) is 5.35. The van der Waals surface area contributed by atoms with E-state index in [-0.39, 0.29) is 17.4 Å². The van der Waals surface area contributed by atoms with Gasteiger partial charge in [-0.3, -0.25) is 4.99 Å². The predicted octanol–water partition coefficient (Wildman–Crippen LogP) is 5.14. The van der Waals surface area contributed by atoms with Gasteiger partial charge in [-0.2, -0.15) is 12.7 Å². The molecule has 0 N–H and O–H groups in total. The van der Waals surface area contributed by atoms with E-state index < -0.39 is 21.9 Å². The van der Waals surface area contributed by atoms with Crippen molar-refractivity contribution >= 4 is 16.0 Å². The molecular weight excluding hydrogens is 434 g/mol. The monoisotopic (exact) mass is 456 g/mol. The third kappa shape index (κ3) is 4.56. The van der Waals surface area contributed by atoms with E-state index in [1.807, 2.05) is 24.3 Å². The molecule has 0 spiro atoms. The van der Waals surface area contributed by atoms with Crippen LogP contribution in [0.3, 0.4) is 0 Å². The quantitative estimate of drug-likeness (QED) is 0.516. The molecule has 0 amide bonds. The highest BCUT2D eigenvalue weighted by atomic mass is 32.2. The van der Waals surface area contributed by atoms with Crippen molar-refractivity contribution in [3.05, 3.63) is 89.5 Å². The number of hydrogen-bond acceptors (Lipinski definition) is 4. The minimum Gasteiger partial charge on any atom is -0.371 e. The number of aliphatic imine (C=N–C) groups is 1. The number of nitrogens with zero attached hydrogens (tertiary/aromatic N) is 2. The van der Waals surface area contributed by atoms with Gasteiger partial charge in [0.05, 0.1) is 11.6 Å². The second-order valence-corrected chi connectivity index (χ2v) is 9.45. The summed E-state index contributed by atoms with van der Waals surface area (Å²) in [6.07, 6.45) is 1.20. The van der Waals surface area contributed by atoms with Crippen LogP contribution in [-0.2, 0) is 10.3 Å². The Balaban J connectivity index is 1.50. The Bertz CT molecular complexity index is 1240. The molecule has 1 heterocycles. The lowest BCUT2D eigenvalue weighted by Gasteiger charge is -2.12. The molecular formula is C24H22F2N2O3S. The highest BCUT2D eigenvalue weighted by Gasteiger charge is 2.24. The highest BCUT2D eigenvalue weighted by molar-refractivity contribution is 7.84. The number of rotatable bonds is 6. The van der Waals surface area contributed by atoms with Gasteiger partial charge in [0.15, 0.2) is 0 Å². The van der Waals surface area contributed by atoms with Crippen molar-refractivity contribution in [2.45, 2.75) is 18.9 Å². The van der Waals surface area contributed by atoms with E-state index in [9.17, 15) is 17.2 Å². The summed E-state index contributed by atoms with van der Waals surface area (Å²) >= 11 is 0. The van der Waals surface area contributed by atoms with Crippen LogP contribution in [0, 0.1) is 11.6 Å². The first-order valence-electron chi connectivity index (χ1n) is 10.1. The van der Waals surface area contributed by atoms with Crippen molar-refractivity contribution in [2.75, 3.05) is 14.1 Å². The number of hydrogen-bond donors (Lipinski definition) is 0. The molecule has 0 aromatic heterocycles. The molecule has 0 saturated heterocycles. The van der Waals surface area contributed by atoms with Gasteiger partial charge in [-0.15, -0.1) is 0 Å². The second-order valence-electron chi connectivity index (χ2n) is 7.70. The van der Waals surface area contributed by atoms with Crippen LogP contribution in [0.5, 0.6) is 5.75 Å². The highest BCUT2D eigenvalue weighted by Crippen LogP contribution is 2.33. The smallest absolute Gasteiger partial charge is 0.371 e. The topological polar surface area (TPSA) is 59.0 Å². The molecule has 0 aliphatic carbocycles. The van der Waals surface area contributed by atoms with Crippen LogP contribution in [0.4, 0.5) is 8.78 Å². The van der Waals surface area contributed by atoms with E-state index in [0.29, 0.717) is 18.6 Å². The Morgan fingerprint density at radius 3 is 2.03 bits per heavy atom. The van der Waals surface area contributed by atoms with Crippen LogP contribution >= 0.6 is 0 Å². The van der Waals surface area contributed by atoms with Crippen molar-refractivity contribution in [2.24, 2.45) is 4.99 Å². The van der Waals surface area contributed by atoms with E-state index in [1.54, 1.807) is 24.3 Å². The van der Waals surface area contributed by atoms with Crippen LogP contribution in [0.25, 0.3) is 11.1 Å². The standard InChI is InChI=1S/C24H22F2N2O3S/c1-28(2)32(29,30)31-19-12-10-17(11-13-19)16-6-8-18(9-7-16)22-14-15-23(27-22)24-20(25)4-3-5-21(24)26/h3-13,22H,14-15H2,1-2H3. The first-order valence-corrected chi connectivity index (χ1v) is 11.4. The molecule has 5 nitrogen and oxygen atoms in total. The molecule has 0 saturated carbocycles. The molecule has 1 aliphatic heterocycles. The lowest BCUT2D eigenvalue weighted by Crippen LogP contribution is -2.26. The average molecular weight is 457 g/mol. The van der Waals surface area contributed by atoms with Crippen molar-refractivity contribution in [1.29, 1.82) is 0 Å². The minimum atomic E-state index is -3.80. The molecule has 0 radical (unpaired) electrons. The second kappa shape index (κ2) is 8.80. The summed E-state index contributed by atoms with van der Waals surface area (Å²) in [4.78, 5) is 4.57. The maximum absolute atomic E-state index is 14.1. The molecule has 8 heteroatoms. The predicted molar refractivity (Wildman–Crippen MR) is 120 cm³/mol. The molecule has 166 valence electrons. The lowest BCUT2D eigenvalue weighted by molar-refractivity contribution is 0.421. The Morgan fingerprint density at radius 1 is 0.906 bits per heavy atom. The van der Waals surface area contributed by atoms with Gasteiger partial charge in [0, 0.05) is 19.8 Å². The zero-order chi connectivity index (χ0) is 22.9. The third-order valence-corrected chi connectivity index (χ3v) is 6.65. The van der Waals surface area contributed by atoms with Gasteiger partial charge in [-0.25, -0.2) is 8.78 Å². The fraction of sp³-hybridized carbons (Fsp3) is 0.208. The average Bonchev–Trinajstić information content (AvgIpc) is 3.24. The van der Waals surface area contributed by atoms with E-state index in [0.717, 1.165) is 21.0 Å². The van der Waals surface area contributed by atoms with Crippen LogP contribution in [0.15, 0.2) is 71.7 Å². The summed E-state index contributed by atoms with van der Waals surface area (Å²) in [6, 6.07) is 18.2. The van der Waals surface area contributed by atoms with Crippen molar-refractivity contribution < 1.29 is 21.4 Å². The zero-order valence-corrected chi connectivity index (χ0v) is 18.4. The Labute approximate surface area is 186 Å². The molecule has 0 fully saturated rings. The van der Waals surface area contributed by atoms with Gasteiger partial charge < -0.3 is 4.18 Å². The number of halogens is 2. The van der Waals surface area contributed by atoms with E-state index >= 15 is 0 Å². The van der Waals surface area contributed by atoms with Gasteiger partial charge in [0.1, 0.15) is 17.4 Å². The van der Waals surface area contributed by atoms with Gasteiger partial charge in [0.2, 0.25) is 0 Å².